The highest BCUT2D eigenvalue weighted by Gasteiger charge is 2.55. The van der Waals surface area contributed by atoms with Gasteiger partial charge in [-0.15, -0.1) is 0 Å². The van der Waals surface area contributed by atoms with Crippen LogP contribution in [0, 0.1) is 29.1 Å². The molecule has 2 nitrogen and oxygen atoms in total. The van der Waals surface area contributed by atoms with Crippen LogP contribution in [0.3, 0.4) is 0 Å². The van der Waals surface area contributed by atoms with Crippen LogP contribution >= 0.6 is 0 Å². The predicted molar refractivity (Wildman–Crippen MR) is 70.2 cm³/mol. The highest BCUT2D eigenvalue weighted by Crippen LogP contribution is 2.62. The molecule has 1 unspecified atom stereocenters. The summed E-state index contributed by atoms with van der Waals surface area (Å²) >= 11 is 0. The predicted octanol–water partition coefficient (Wildman–Crippen LogP) is 2.99. The van der Waals surface area contributed by atoms with Gasteiger partial charge in [0.1, 0.15) is 0 Å². The van der Waals surface area contributed by atoms with Crippen LogP contribution in [0.25, 0.3) is 0 Å². The molecule has 0 aromatic rings. The molecular formula is C16H26O2. The highest BCUT2D eigenvalue weighted by molar-refractivity contribution is 5.05. The number of aliphatic hydroxyl groups is 1. The second kappa shape index (κ2) is 4.21. The molecule has 0 amide bonds. The summed E-state index contributed by atoms with van der Waals surface area (Å²) in [6.07, 6.45) is 10.5. The third-order valence-corrected chi connectivity index (χ3v) is 6.43. The maximum atomic E-state index is 11.0. The van der Waals surface area contributed by atoms with Crippen molar-refractivity contribution in [3.63, 3.8) is 0 Å². The topological polar surface area (TPSA) is 29.5 Å². The van der Waals surface area contributed by atoms with Gasteiger partial charge >= 0.3 is 0 Å². The third kappa shape index (κ3) is 1.76. The first-order chi connectivity index (χ1) is 8.75. The van der Waals surface area contributed by atoms with E-state index in [0.29, 0.717) is 11.3 Å². The number of hydrogen-bond acceptors (Lipinski definition) is 2. The molecule has 0 aromatic carbocycles. The maximum Gasteiger partial charge on any atom is 0.0626 e. The molecule has 102 valence electrons. The Morgan fingerprint density at radius 1 is 0.889 bits per heavy atom. The number of aliphatic hydroxyl groups excluding tert-OH is 1. The van der Waals surface area contributed by atoms with Gasteiger partial charge in [-0.2, -0.15) is 0 Å². The Labute approximate surface area is 110 Å². The van der Waals surface area contributed by atoms with E-state index in [1.807, 2.05) is 0 Å². The molecule has 1 N–H and O–H groups in total. The Morgan fingerprint density at radius 2 is 1.39 bits per heavy atom. The van der Waals surface area contributed by atoms with Crippen LogP contribution in [0.15, 0.2) is 0 Å². The van der Waals surface area contributed by atoms with Gasteiger partial charge in [-0.25, -0.2) is 0 Å². The van der Waals surface area contributed by atoms with Crippen LogP contribution in [0.4, 0.5) is 0 Å². The number of rotatable bonds is 2. The van der Waals surface area contributed by atoms with E-state index in [9.17, 15) is 5.11 Å². The van der Waals surface area contributed by atoms with Crippen molar-refractivity contribution in [3.05, 3.63) is 0 Å². The fourth-order valence-corrected chi connectivity index (χ4v) is 6.07. The first-order valence-electron chi connectivity index (χ1n) is 8.01. The van der Waals surface area contributed by atoms with Crippen molar-refractivity contribution >= 4 is 0 Å². The Bertz CT molecular complexity index is 284. The molecule has 5 fully saturated rings. The van der Waals surface area contributed by atoms with Gasteiger partial charge < -0.3 is 9.84 Å². The van der Waals surface area contributed by atoms with Crippen molar-refractivity contribution in [2.45, 2.75) is 57.5 Å². The van der Waals surface area contributed by atoms with Crippen molar-refractivity contribution in [2.75, 3.05) is 13.2 Å². The molecule has 5 rings (SSSR count). The minimum atomic E-state index is -0.0326. The number of ether oxygens (including phenoxy) is 1. The molecular weight excluding hydrogens is 224 g/mol. The Morgan fingerprint density at radius 3 is 1.89 bits per heavy atom. The van der Waals surface area contributed by atoms with Gasteiger partial charge in [-0.1, -0.05) is 0 Å². The maximum absolute atomic E-state index is 11.0. The van der Waals surface area contributed by atoms with E-state index in [1.165, 1.54) is 38.5 Å². The smallest absolute Gasteiger partial charge is 0.0626 e. The molecule has 1 heterocycles. The van der Waals surface area contributed by atoms with E-state index in [4.69, 9.17) is 4.74 Å². The van der Waals surface area contributed by atoms with Gasteiger partial charge in [0, 0.05) is 13.2 Å². The summed E-state index contributed by atoms with van der Waals surface area (Å²) in [6, 6.07) is 0. The minimum Gasteiger partial charge on any atom is -0.392 e. The van der Waals surface area contributed by atoms with E-state index in [-0.39, 0.29) is 6.10 Å². The SMILES string of the molecule is OC(C1CCOCC1)C12CC3CC(CC(C3)C1)C2. The fraction of sp³-hybridized carbons (Fsp3) is 1.00. The lowest BCUT2D eigenvalue weighted by atomic mass is 9.47. The zero-order chi connectivity index (χ0) is 12.2. The summed E-state index contributed by atoms with van der Waals surface area (Å²) in [5.74, 6) is 3.37. The summed E-state index contributed by atoms with van der Waals surface area (Å²) in [4.78, 5) is 0. The Hall–Kier alpha value is -0.0800. The summed E-state index contributed by atoms with van der Waals surface area (Å²) in [5.41, 5.74) is 0.316. The monoisotopic (exact) mass is 250 g/mol. The van der Waals surface area contributed by atoms with Crippen molar-refractivity contribution in [2.24, 2.45) is 29.1 Å². The molecule has 4 bridgehead atoms. The average molecular weight is 250 g/mol. The van der Waals surface area contributed by atoms with Crippen molar-refractivity contribution in [3.8, 4) is 0 Å². The normalized spacial score (nSPS) is 49.5. The van der Waals surface area contributed by atoms with Gasteiger partial charge in [0.05, 0.1) is 6.10 Å². The first-order valence-corrected chi connectivity index (χ1v) is 8.01. The van der Waals surface area contributed by atoms with Crippen molar-refractivity contribution < 1.29 is 9.84 Å². The molecule has 4 aliphatic carbocycles. The Kier molecular flexibility index (Phi) is 2.74. The number of hydrogen-bond donors (Lipinski definition) is 1. The largest absolute Gasteiger partial charge is 0.392 e. The van der Waals surface area contributed by atoms with E-state index in [1.54, 1.807) is 0 Å². The van der Waals surface area contributed by atoms with Gasteiger partial charge in [-0.3, -0.25) is 0 Å². The van der Waals surface area contributed by atoms with Crippen LogP contribution in [-0.4, -0.2) is 24.4 Å². The standard InChI is InChI=1S/C16H26O2/c17-15(14-1-3-18-4-2-14)16-8-11-5-12(9-16)7-13(6-11)10-16/h11-15,17H,1-10H2. The van der Waals surface area contributed by atoms with Gasteiger partial charge in [-0.05, 0) is 80.5 Å². The molecule has 4 saturated carbocycles. The molecule has 0 spiro atoms. The lowest BCUT2D eigenvalue weighted by Gasteiger charge is -2.59. The Balaban J connectivity index is 1.55. The van der Waals surface area contributed by atoms with Crippen LogP contribution in [-0.2, 0) is 4.74 Å². The molecule has 1 atom stereocenters. The molecule has 18 heavy (non-hydrogen) atoms. The zero-order valence-electron chi connectivity index (χ0n) is 11.3. The summed E-state index contributed by atoms with van der Waals surface area (Å²) in [5, 5.41) is 11.0. The third-order valence-electron chi connectivity index (χ3n) is 6.43. The first kappa shape index (κ1) is 11.7. The van der Waals surface area contributed by atoms with E-state index in [0.717, 1.165) is 43.8 Å². The fourth-order valence-electron chi connectivity index (χ4n) is 6.07. The van der Waals surface area contributed by atoms with E-state index < -0.39 is 0 Å². The summed E-state index contributed by atoms with van der Waals surface area (Å²) in [7, 11) is 0. The lowest BCUT2D eigenvalue weighted by molar-refractivity contribution is -0.148. The van der Waals surface area contributed by atoms with Gasteiger partial charge in [0.15, 0.2) is 0 Å². The second-order valence-corrected chi connectivity index (χ2v) is 7.67. The van der Waals surface area contributed by atoms with E-state index in [2.05, 4.69) is 0 Å². The lowest BCUT2D eigenvalue weighted by Crippen LogP contribution is -2.54. The highest BCUT2D eigenvalue weighted by atomic mass is 16.5. The molecule has 0 radical (unpaired) electrons. The summed E-state index contributed by atoms with van der Waals surface area (Å²) < 4.78 is 5.46. The molecule has 0 aromatic heterocycles. The van der Waals surface area contributed by atoms with Crippen molar-refractivity contribution in [1.29, 1.82) is 0 Å². The van der Waals surface area contributed by atoms with E-state index >= 15 is 0 Å². The molecule has 1 saturated heterocycles. The molecule has 2 heteroatoms. The quantitative estimate of drug-likeness (QED) is 0.816. The summed E-state index contributed by atoms with van der Waals surface area (Å²) in [6.45, 7) is 1.74. The zero-order valence-corrected chi connectivity index (χ0v) is 11.3. The molecule has 5 aliphatic rings. The van der Waals surface area contributed by atoms with Crippen LogP contribution in [0.2, 0.25) is 0 Å². The van der Waals surface area contributed by atoms with Gasteiger partial charge in [0.25, 0.3) is 0 Å². The van der Waals surface area contributed by atoms with Gasteiger partial charge in [0.2, 0.25) is 0 Å². The minimum absolute atomic E-state index is 0.0326. The van der Waals surface area contributed by atoms with Crippen molar-refractivity contribution in [1.82, 2.24) is 0 Å². The van der Waals surface area contributed by atoms with Crippen LogP contribution in [0.1, 0.15) is 51.4 Å². The second-order valence-electron chi connectivity index (χ2n) is 7.67. The molecule has 1 aliphatic heterocycles. The van der Waals surface area contributed by atoms with Crippen LogP contribution < -0.4 is 0 Å². The average Bonchev–Trinajstić information content (AvgIpc) is 2.37. The van der Waals surface area contributed by atoms with Crippen LogP contribution in [0.5, 0.6) is 0 Å².